The number of nitrogens with zero attached hydrogens (tertiary/aromatic N) is 1. The molecule has 1 atom stereocenters. The van der Waals surface area contributed by atoms with Gasteiger partial charge in [0.15, 0.2) is 0 Å². The number of hydrogen-bond donors (Lipinski definition) is 1. The molecule has 1 aliphatic rings. The highest BCUT2D eigenvalue weighted by Crippen LogP contribution is 2.26. The second-order valence-electron chi connectivity index (χ2n) is 5.90. The lowest BCUT2D eigenvalue weighted by molar-refractivity contribution is 0.179. The number of nitrogen functional groups attached to an aromatic ring is 1. The molecule has 0 saturated heterocycles. The molecule has 1 aliphatic heterocycles. The van der Waals surface area contributed by atoms with Crippen LogP contribution in [0, 0.1) is 0 Å². The molecule has 0 saturated carbocycles. The third-order valence-electron chi connectivity index (χ3n) is 4.43. The van der Waals surface area contributed by atoms with Gasteiger partial charge in [-0.15, -0.1) is 0 Å². The van der Waals surface area contributed by atoms with Crippen LogP contribution in [-0.4, -0.2) is 17.5 Å². The van der Waals surface area contributed by atoms with Gasteiger partial charge in [0.1, 0.15) is 0 Å². The third kappa shape index (κ3) is 3.73. The summed E-state index contributed by atoms with van der Waals surface area (Å²) in [5, 5.41) is 0. The van der Waals surface area contributed by atoms with Crippen molar-refractivity contribution in [1.82, 2.24) is 4.90 Å². The maximum absolute atomic E-state index is 6.06. The van der Waals surface area contributed by atoms with E-state index in [2.05, 4.69) is 30.9 Å². The molecular weight excluding hydrogens is 232 g/mol. The van der Waals surface area contributed by atoms with Gasteiger partial charge in [-0.2, -0.15) is 0 Å². The summed E-state index contributed by atoms with van der Waals surface area (Å²) in [4.78, 5) is 2.62. The molecule has 1 aromatic carbocycles. The Morgan fingerprint density at radius 2 is 2.11 bits per heavy atom. The molecule has 0 bridgehead atoms. The first-order valence-electron chi connectivity index (χ1n) is 7.82. The lowest BCUT2D eigenvalue weighted by atomic mass is 9.96. The largest absolute Gasteiger partial charge is 0.398 e. The van der Waals surface area contributed by atoms with Gasteiger partial charge in [0.05, 0.1) is 0 Å². The minimum atomic E-state index is 0.700. The Hall–Kier alpha value is -1.02. The minimum absolute atomic E-state index is 0.700. The van der Waals surface area contributed by atoms with Crippen LogP contribution in [0.15, 0.2) is 18.2 Å². The molecule has 2 heteroatoms. The fourth-order valence-corrected chi connectivity index (χ4v) is 3.09. The highest BCUT2D eigenvalue weighted by Gasteiger charge is 2.21. The molecular formula is C17H28N2. The molecule has 0 amide bonds. The van der Waals surface area contributed by atoms with Crippen LogP contribution < -0.4 is 5.73 Å². The standard InChI is InChI=1S/C17H28N2/c1-3-4-5-6-8-14(2)19-12-11-16-15(13-19)9-7-10-17(16)18/h7,9-10,14H,3-6,8,11-13,18H2,1-2H3. The molecule has 2 rings (SSSR count). The maximum atomic E-state index is 6.06. The van der Waals surface area contributed by atoms with Crippen molar-refractivity contribution in [2.45, 2.75) is 65.0 Å². The van der Waals surface area contributed by atoms with Crippen molar-refractivity contribution >= 4 is 5.69 Å². The average Bonchev–Trinajstić information content (AvgIpc) is 2.43. The van der Waals surface area contributed by atoms with Crippen LogP contribution in [0.1, 0.15) is 57.1 Å². The molecule has 1 heterocycles. The summed E-state index contributed by atoms with van der Waals surface area (Å²) >= 11 is 0. The molecule has 0 radical (unpaired) electrons. The maximum Gasteiger partial charge on any atom is 0.0350 e. The topological polar surface area (TPSA) is 29.3 Å². The quantitative estimate of drug-likeness (QED) is 0.619. The Kier molecular flexibility index (Phi) is 5.26. The molecule has 0 spiro atoms. The zero-order chi connectivity index (χ0) is 13.7. The SMILES string of the molecule is CCCCCCC(C)N1CCc2c(N)cccc2C1. The summed E-state index contributed by atoms with van der Waals surface area (Å²) in [6.07, 6.45) is 7.91. The zero-order valence-electron chi connectivity index (χ0n) is 12.5. The predicted molar refractivity (Wildman–Crippen MR) is 83.2 cm³/mol. The van der Waals surface area contributed by atoms with E-state index in [-0.39, 0.29) is 0 Å². The highest BCUT2D eigenvalue weighted by atomic mass is 15.2. The summed E-state index contributed by atoms with van der Waals surface area (Å²) in [6.45, 7) is 6.89. The highest BCUT2D eigenvalue weighted by molar-refractivity contribution is 5.51. The molecule has 19 heavy (non-hydrogen) atoms. The van der Waals surface area contributed by atoms with Gasteiger partial charge in [0, 0.05) is 24.8 Å². The Morgan fingerprint density at radius 3 is 2.89 bits per heavy atom. The first-order chi connectivity index (χ1) is 9.22. The first-order valence-corrected chi connectivity index (χ1v) is 7.82. The van der Waals surface area contributed by atoms with Gasteiger partial charge in [-0.1, -0.05) is 44.7 Å². The minimum Gasteiger partial charge on any atom is -0.398 e. The van der Waals surface area contributed by atoms with Gasteiger partial charge in [-0.05, 0) is 37.0 Å². The Bertz CT molecular complexity index is 400. The van der Waals surface area contributed by atoms with E-state index in [0.29, 0.717) is 6.04 Å². The summed E-state index contributed by atoms with van der Waals surface area (Å²) in [7, 11) is 0. The smallest absolute Gasteiger partial charge is 0.0350 e. The van der Waals surface area contributed by atoms with Gasteiger partial charge in [0.2, 0.25) is 0 Å². The summed E-state index contributed by atoms with van der Waals surface area (Å²) in [6, 6.07) is 7.06. The van der Waals surface area contributed by atoms with Gasteiger partial charge in [-0.25, -0.2) is 0 Å². The second kappa shape index (κ2) is 6.95. The fraction of sp³-hybridized carbons (Fsp3) is 0.647. The van der Waals surface area contributed by atoms with Gasteiger partial charge < -0.3 is 5.73 Å². The van der Waals surface area contributed by atoms with Crippen molar-refractivity contribution in [1.29, 1.82) is 0 Å². The molecule has 0 aliphatic carbocycles. The van der Waals surface area contributed by atoms with E-state index in [9.17, 15) is 0 Å². The van der Waals surface area contributed by atoms with Gasteiger partial charge in [0.25, 0.3) is 0 Å². The first kappa shape index (κ1) is 14.4. The Balaban J connectivity index is 1.87. The van der Waals surface area contributed by atoms with E-state index in [1.807, 2.05) is 6.07 Å². The molecule has 0 aromatic heterocycles. The fourth-order valence-electron chi connectivity index (χ4n) is 3.09. The van der Waals surface area contributed by atoms with Gasteiger partial charge >= 0.3 is 0 Å². The molecule has 0 fully saturated rings. The number of nitrogens with two attached hydrogens (primary N) is 1. The van der Waals surface area contributed by atoms with Crippen molar-refractivity contribution in [2.75, 3.05) is 12.3 Å². The summed E-state index contributed by atoms with van der Waals surface area (Å²) in [5.41, 5.74) is 9.86. The van der Waals surface area contributed by atoms with E-state index in [1.165, 1.54) is 43.2 Å². The Morgan fingerprint density at radius 1 is 1.26 bits per heavy atom. The van der Waals surface area contributed by atoms with Crippen LogP contribution in [0.4, 0.5) is 5.69 Å². The molecule has 1 unspecified atom stereocenters. The van der Waals surface area contributed by atoms with Crippen molar-refractivity contribution in [3.63, 3.8) is 0 Å². The van der Waals surface area contributed by atoms with Crippen LogP contribution >= 0.6 is 0 Å². The van der Waals surface area contributed by atoms with E-state index in [0.717, 1.165) is 25.2 Å². The molecule has 106 valence electrons. The third-order valence-corrected chi connectivity index (χ3v) is 4.43. The van der Waals surface area contributed by atoms with Gasteiger partial charge in [-0.3, -0.25) is 4.90 Å². The zero-order valence-corrected chi connectivity index (χ0v) is 12.5. The molecule has 2 N–H and O–H groups in total. The second-order valence-corrected chi connectivity index (χ2v) is 5.90. The number of rotatable bonds is 6. The number of benzene rings is 1. The van der Waals surface area contributed by atoms with E-state index >= 15 is 0 Å². The van der Waals surface area contributed by atoms with Crippen LogP contribution in [0.3, 0.4) is 0 Å². The summed E-state index contributed by atoms with van der Waals surface area (Å²) in [5.74, 6) is 0. The number of unbranched alkanes of at least 4 members (excludes halogenated alkanes) is 3. The van der Waals surface area contributed by atoms with Crippen molar-refractivity contribution in [2.24, 2.45) is 0 Å². The normalized spacial score (nSPS) is 17.2. The average molecular weight is 260 g/mol. The predicted octanol–water partition coefficient (Wildman–Crippen LogP) is 3.99. The van der Waals surface area contributed by atoms with E-state index < -0.39 is 0 Å². The number of fused-ring (bicyclic) bond motifs is 1. The van der Waals surface area contributed by atoms with E-state index in [1.54, 1.807) is 0 Å². The Labute approximate surface area is 118 Å². The van der Waals surface area contributed by atoms with Crippen molar-refractivity contribution in [3.05, 3.63) is 29.3 Å². The lowest BCUT2D eigenvalue weighted by Crippen LogP contribution is -2.37. The van der Waals surface area contributed by atoms with Crippen LogP contribution in [0.2, 0.25) is 0 Å². The van der Waals surface area contributed by atoms with Crippen LogP contribution in [0.25, 0.3) is 0 Å². The van der Waals surface area contributed by atoms with Crippen LogP contribution in [0.5, 0.6) is 0 Å². The van der Waals surface area contributed by atoms with Crippen LogP contribution in [-0.2, 0) is 13.0 Å². The molecule has 1 aromatic rings. The number of anilines is 1. The number of hydrogen-bond acceptors (Lipinski definition) is 2. The van der Waals surface area contributed by atoms with Crippen molar-refractivity contribution in [3.8, 4) is 0 Å². The lowest BCUT2D eigenvalue weighted by Gasteiger charge is -2.34. The van der Waals surface area contributed by atoms with E-state index in [4.69, 9.17) is 5.73 Å². The van der Waals surface area contributed by atoms with Crippen molar-refractivity contribution < 1.29 is 0 Å². The summed E-state index contributed by atoms with van der Waals surface area (Å²) < 4.78 is 0. The monoisotopic (exact) mass is 260 g/mol. The molecule has 2 nitrogen and oxygen atoms in total.